The quantitative estimate of drug-likeness (QED) is 0.582. The van der Waals surface area contributed by atoms with Gasteiger partial charge in [-0.25, -0.2) is 0 Å². The van der Waals surface area contributed by atoms with E-state index in [9.17, 15) is 13.2 Å². The van der Waals surface area contributed by atoms with Gasteiger partial charge in [0.05, 0.1) is 0 Å². The van der Waals surface area contributed by atoms with E-state index in [0.29, 0.717) is 0 Å². The Balaban J connectivity index is 0. The zero-order valence-corrected chi connectivity index (χ0v) is 9.02. The van der Waals surface area contributed by atoms with E-state index in [-0.39, 0.29) is 6.92 Å². The molecule has 0 unspecified atom stereocenters. The summed E-state index contributed by atoms with van der Waals surface area (Å²) >= 11 is 0. The first-order chi connectivity index (χ1) is 6.39. The summed E-state index contributed by atoms with van der Waals surface area (Å²) < 4.78 is 31.1. The zero-order valence-electron chi connectivity index (χ0n) is 9.02. The summed E-state index contributed by atoms with van der Waals surface area (Å²) in [7, 11) is 0. The molecule has 0 bridgehead atoms. The Morgan fingerprint density at radius 3 is 1.36 bits per heavy atom. The van der Waals surface area contributed by atoms with Crippen molar-refractivity contribution < 1.29 is 13.2 Å². The van der Waals surface area contributed by atoms with Crippen molar-refractivity contribution in [3.8, 4) is 0 Å². The molecular formula is C11H17F3. The fraction of sp³-hybridized carbons (Fsp3) is 0.455. The van der Waals surface area contributed by atoms with Gasteiger partial charge in [-0.05, 0) is 6.92 Å². The molecule has 0 spiro atoms. The highest BCUT2D eigenvalue weighted by Crippen LogP contribution is 2.10. The maximum Gasteiger partial charge on any atom is 0.386 e. The second-order valence-electron chi connectivity index (χ2n) is 2.44. The molecule has 0 aliphatic carbocycles. The minimum Gasteiger partial charge on any atom is -0.172 e. The molecule has 0 amide bonds. The van der Waals surface area contributed by atoms with Crippen LogP contribution in [0.5, 0.6) is 0 Å². The maximum atomic E-state index is 10.4. The lowest BCUT2D eigenvalue weighted by molar-refractivity contribution is -0.110. The van der Waals surface area contributed by atoms with Gasteiger partial charge in [0.25, 0.3) is 0 Å². The van der Waals surface area contributed by atoms with Crippen LogP contribution in [0.2, 0.25) is 0 Å². The van der Waals surface area contributed by atoms with Crippen molar-refractivity contribution in [3.63, 3.8) is 0 Å². The Morgan fingerprint density at radius 2 is 1.21 bits per heavy atom. The van der Waals surface area contributed by atoms with Crippen LogP contribution >= 0.6 is 0 Å². The summed E-state index contributed by atoms with van der Waals surface area (Å²) in [6.45, 7) is 6.27. The number of rotatable bonds is 0. The van der Waals surface area contributed by atoms with E-state index in [1.54, 1.807) is 0 Å². The molecule has 0 aromatic heterocycles. The van der Waals surface area contributed by atoms with Crippen molar-refractivity contribution in [2.75, 3.05) is 0 Å². The molecule has 14 heavy (non-hydrogen) atoms. The number of alkyl halides is 3. The summed E-state index contributed by atoms with van der Waals surface area (Å²) in [6, 6.07) is 10.3. The van der Waals surface area contributed by atoms with Gasteiger partial charge in [0.15, 0.2) is 0 Å². The molecular weight excluding hydrogens is 189 g/mol. The Labute approximate surface area is 83.8 Å². The Morgan fingerprint density at radius 1 is 0.929 bits per heavy atom. The largest absolute Gasteiger partial charge is 0.386 e. The van der Waals surface area contributed by atoms with Crippen molar-refractivity contribution >= 4 is 0 Å². The van der Waals surface area contributed by atoms with Gasteiger partial charge in [-0.1, -0.05) is 49.7 Å². The Hall–Kier alpha value is -0.990. The predicted octanol–water partition coefficient (Wildman–Crippen LogP) is 4.59. The summed E-state index contributed by atoms with van der Waals surface area (Å²) in [5.41, 5.74) is 1.32. The fourth-order valence-electron chi connectivity index (χ4n) is 0.534. The van der Waals surface area contributed by atoms with Crippen molar-refractivity contribution in [1.82, 2.24) is 0 Å². The molecule has 0 aliphatic rings. The highest BCUT2D eigenvalue weighted by molar-refractivity contribution is 5.11. The minimum absolute atomic E-state index is 0.188. The topological polar surface area (TPSA) is 0 Å². The van der Waals surface area contributed by atoms with E-state index in [0.717, 1.165) is 0 Å². The van der Waals surface area contributed by atoms with E-state index >= 15 is 0 Å². The van der Waals surface area contributed by atoms with E-state index in [2.05, 4.69) is 19.1 Å². The average Bonchev–Trinajstić information content (AvgIpc) is 2.06. The number of hydrogen-bond acceptors (Lipinski definition) is 0. The summed E-state index contributed by atoms with van der Waals surface area (Å²) in [4.78, 5) is 0. The standard InChI is InChI=1S/C7H8.C2H3F3.C2H6/c1-7-5-3-2-4-6-7;1-2(3,4)5;1-2/h2-6H,1H3;1H3;1-2H3. The number of hydrogen-bond donors (Lipinski definition) is 0. The average molecular weight is 206 g/mol. The lowest BCUT2D eigenvalue weighted by Gasteiger charge is -1.88. The highest BCUT2D eigenvalue weighted by Gasteiger charge is 2.15. The smallest absolute Gasteiger partial charge is 0.172 e. The van der Waals surface area contributed by atoms with Crippen LogP contribution in [-0.4, -0.2) is 6.18 Å². The van der Waals surface area contributed by atoms with Crippen LogP contribution in [0.4, 0.5) is 13.2 Å². The molecule has 0 radical (unpaired) electrons. The number of halogens is 3. The van der Waals surface area contributed by atoms with Gasteiger partial charge in [0, 0.05) is 6.92 Å². The SMILES string of the molecule is CC.CC(F)(F)F.Cc1ccccc1. The molecule has 1 aromatic carbocycles. The lowest BCUT2D eigenvalue weighted by atomic mass is 10.2. The van der Waals surface area contributed by atoms with E-state index < -0.39 is 6.18 Å². The first-order valence-corrected chi connectivity index (χ1v) is 4.48. The fourth-order valence-corrected chi connectivity index (χ4v) is 0.534. The molecule has 0 aliphatic heterocycles. The van der Waals surface area contributed by atoms with Crippen molar-refractivity contribution in [2.45, 2.75) is 33.9 Å². The van der Waals surface area contributed by atoms with Gasteiger partial charge < -0.3 is 0 Å². The van der Waals surface area contributed by atoms with E-state index in [1.165, 1.54) is 5.56 Å². The van der Waals surface area contributed by atoms with Crippen LogP contribution in [0.1, 0.15) is 26.3 Å². The number of benzene rings is 1. The summed E-state index contributed by atoms with van der Waals surface area (Å²) in [6.07, 6.45) is -4.00. The van der Waals surface area contributed by atoms with Crippen LogP contribution in [0.25, 0.3) is 0 Å². The third kappa shape index (κ3) is 22.5. The molecule has 0 nitrogen and oxygen atoms in total. The second kappa shape index (κ2) is 8.60. The minimum atomic E-state index is -4.00. The van der Waals surface area contributed by atoms with Gasteiger partial charge in [0.2, 0.25) is 0 Å². The molecule has 0 N–H and O–H groups in total. The molecule has 82 valence electrons. The van der Waals surface area contributed by atoms with Gasteiger partial charge in [-0.2, -0.15) is 13.2 Å². The zero-order chi connectivity index (χ0) is 11.6. The molecule has 0 saturated carbocycles. The first-order valence-electron chi connectivity index (χ1n) is 4.48. The van der Waals surface area contributed by atoms with Gasteiger partial charge in [0.1, 0.15) is 0 Å². The molecule has 0 atom stereocenters. The lowest BCUT2D eigenvalue weighted by Crippen LogP contribution is -1.95. The van der Waals surface area contributed by atoms with Crippen LogP contribution in [0.3, 0.4) is 0 Å². The van der Waals surface area contributed by atoms with Gasteiger partial charge in [-0.15, -0.1) is 0 Å². The Bertz CT molecular complexity index is 196. The van der Waals surface area contributed by atoms with Gasteiger partial charge >= 0.3 is 6.18 Å². The normalized spacial score (nSPS) is 9.07. The van der Waals surface area contributed by atoms with Crippen molar-refractivity contribution in [2.24, 2.45) is 0 Å². The number of aryl methyl sites for hydroxylation is 1. The van der Waals surface area contributed by atoms with Crippen LogP contribution in [0, 0.1) is 6.92 Å². The van der Waals surface area contributed by atoms with E-state index in [4.69, 9.17) is 0 Å². The predicted molar refractivity (Wildman–Crippen MR) is 54.3 cm³/mol. The van der Waals surface area contributed by atoms with Crippen LogP contribution in [0.15, 0.2) is 30.3 Å². The molecule has 0 saturated heterocycles. The molecule has 1 aromatic rings. The Kier molecular flexibility index (Phi) is 9.51. The van der Waals surface area contributed by atoms with Crippen molar-refractivity contribution in [1.29, 1.82) is 0 Å². The first kappa shape index (κ1) is 15.5. The molecule has 0 fully saturated rings. The third-order valence-corrected chi connectivity index (χ3v) is 0.940. The third-order valence-electron chi connectivity index (χ3n) is 0.940. The van der Waals surface area contributed by atoms with E-state index in [1.807, 2.05) is 32.0 Å². The van der Waals surface area contributed by atoms with Gasteiger partial charge in [-0.3, -0.25) is 0 Å². The molecule has 0 heterocycles. The second-order valence-corrected chi connectivity index (χ2v) is 2.44. The monoisotopic (exact) mass is 206 g/mol. The highest BCUT2D eigenvalue weighted by atomic mass is 19.4. The maximum absolute atomic E-state index is 10.4. The summed E-state index contributed by atoms with van der Waals surface area (Å²) in [5, 5.41) is 0. The van der Waals surface area contributed by atoms with Crippen LogP contribution in [-0.2, 0) is 0 Å². The summed E-state index contributed by atoms with van der Waals surface area (Å²) in [5.74, 6) is 0. The molecule has 3 heteroatoms. The van der Waals surface area contributed by atoms with Crippen molar-refractivity contribution in [3.05, 3.63) is 35.9 Å². The molecule has 1 rings (SSSR count). The van der Waals surface area contributed by atoms with Crippen LogP contribution < -0.4 is 0 Å².